The van der Waals surface area contributed by atoms with Gasteiger partial charge in [-0.25, -0.2) is 9.67 Å². The molecule has 0 bridgehead atoms. The SMILES string of the molecule is CCC(C)n1ncc2c(C(=O)NC(C)(C)CN)cc(C)nc21. The van der Waals surface area contributed by atoms with Crippen LogP contribution in [-0.2, 0) is 0 Å². The van der Waals surface area contributed by atoms with Gasteiger partial charge in [0.05, 0.1) is 23.2 Å². The lowest BCUT2D eigenvalue weighted by Gasteiger charge is -2.24. The van der Waals surface area contributed by atoms with Gasteiger partial charge in [-0.05, 0) is 40.2 Å². The van der Waals surface area contributed by atoms with Gasteiger partial charge in [0.25, 0.3) is 5.91 Å². The molecule has 22 heavy (non-hydrogen) atoms. The summed E-state index contributed by atoms with van der Waals surface area (Å²) in [6.45, 7) is 10.3. The lowest BCUT2D eigenvalue weighted by Crippen LogP contribution is -2.48. The average Bonchev–Trinajstić information content (AvgIpc) is 2.88. The summed E-state index contributed by atoms with van der Waals surface area (Å²) in [5.41, 5.74) is 7.39. The van der Waals surface area contributed by atoms with Crippen LogP contribution in [0.15, 0.2) is 12.3 Å². The summed E-state index contributed by atoms with van der Waals surface area (Å²) in [5, 5.41) is 8.16. The topological polar surface area (TPSA) is 85.8 Å². The zero-order chi connectivity index (χ0) is 16.5. The highest BCUT2D eigenvalue weighted by Crippen LogP contribution is 2.22. The fourth-order valence-electron chi connectivity index (χ4n) is 2.25. The first-order valence-corrected chi connectivity index (χ1v) is 7.66. The summed E-state index contributed by atoms with van der Waals surface area (Å²) >= 11 is 0. The second-order valence-electron chi connectivity index (χ2n) is 6.44. The third kappa shape index (κ3) is 3.11. The van der Waals surface area contributed by atoms with Crippen LogP contribution in [0.25, 0.3) is 11.0 Å². The Hall–Kier alpha value is -1.95. The Labute approximate surface area is 131 Å². The first-order valence-electron chi connectivity index (χ1n) is 7.66. The Morgan fingerprint density at radius 3 is 2.77 bits per heavy atom. The van der Waals surface area contributed by atoms with E-state index in [4.69, 9.17) is 5.73 Å². The number of amides is 1. The molecular formula is C16H25N5O. The van der Waals surface area contributed by atoms with E-state index in [2.05, 4.69) is 29.2 Å². The number of hydrogen-bond donors (Lipinski definition) is 2. The lowest BCUT2D eigenvalue weighted by molar-refractivity contribution is 0.0917. The van der Waals surface area contributed by atoms with Crippen LogP contribution in [0.5, 0.6) is 0 Å². The Morgan fingerprint density at radius 2 is 2.18 bits per heavy atom. The second kappa shape index (κ2) is 6.04. The molecule has 0 radical (unpaired) electrons. The molecule has 2 rings (SSSR count). The predicted octanol–water partition coefficient (Wildman–Crippen LogP) is 2.18. The van der Waals surface area contributed by atoms with Crippen LogP contribution in [-0.4, -0.2) is 32.8 Å². The maximum atomic E-state index is 12.6. The Bertz CT molecular complexity index is 689. The van der Waals surface area contributed by atoms with Crippen molar-refractivity contribution in [2.75, 3.05) is 6.54 Å². The van der Waals surface area contributed by atoms with Gasteiger partial charge in [0, 0.05) is 17.8 Å². The number of nitrogens with two attached hydrogens (primary N) is 1. The molecule has 1 amide bonds. The summed E-state index contributed by atoms with van der Waals surface area (Å²) in [6, 6.07) is 2.04. The van der Waals surface area contributed by atoms with Crippen LogP contribution in [0.1, 0.15) is 56.2 Å². The maximum Gasteiger partial charge on any atom is 0.252 e. The van der Waals surface area contributed by atoms with Crippen LogP contribution in [0, 0.1) is 6.92 Å². The van der Waals surface area contributed by atoms with Crippen molar-refractivity contribution >= 4 is 16.9 Å². The third-order valence-electron chi connectivity index (χ3n) is 3.91. The molecule has 6 heteroatoms. The standard InChI is InChI=1S/C16H25N5O/c1-6-11(3)21-14-13(8-18-21)12(7-10(2)19-14)15(22)20-16(4,5)9-17/h7-8,11H,6,9,17H2,1-5H3,(H,20,22). The van der Waals surface area contributed by atoms with E-state index < -0.39 is 5.54 Å². The molecule has 0 aliphatic rings. The van der Waals surface area contributed by atoms with Gasteiger partial charge in [0.1, 0.15) is 0 Å². The number of nitrogens with one attached hydrogen (secondary N) is 1. The number of carbonyl (C=O) groups is 1. The smallest absolute Gasteiger partial charge is 0.252 e. The van der Waals surface area contributed by atoms with Crippen molar-refractivity contribution in [3.8, 4) is 0 Å². The van der Waals surface area contributed by atoms with Crippen molar-refractivity contribution in [2.24, 2.45) is 5.73 Å². The first-order chi connectivity index (χ1) is 10.3. The number of hydrogen-bond acceptors (Lipinski definition) is 4. The largest absolute Gasteiger partial charge is 0.346 e. The van der Waals surface area contributed by atoms with E-state index in [-0.39, 0.29) is 11.9 Å². The molecule has 0 aliphatic carbocycles. The number of carbonyl (C=O) groups excluding carboxylic acids is 1. The summed E-state index contributed by atoms with van der Waals surface area (Å²) < 4.78 is 1.88. The van der Waals surface area contributed by atoms with Crippen molar-refractivity contribution < 1.29 is 4.79 Å². The number of fused-ring (bicyclic) bond motifs is 1. The van der Waals surface area contributed by atoms with Crippen molar-refractivity contribution in [2.45, 2.75) is 52.6 Å². The van der Waals surface area contributed by atoms with Gasteiger partial charge in [-0.1, -0.05) is 6.92 Å². The zero-order valence-corrected chi connectivity index (χ0v) is 14.0. The van der Waals surface area contributed by atoms with Gasteiger partial charge in [0.15, 0.2) is 5.65 Å². The minimum atomic E-state index is -0.451. The van der Waals surface area contributed by atoms with Crippen LogP contribution >= 0.6 is 0 Å². The average molecular weight is 303 g/mol. The number of rotatable bonds is 5. The molecule has 0 aliphatic heterocycles. The number of aryl methyl sites for hydroxylation is 1. The van der Waals surface area contributed by atoms with Gasteiger partial charge in [0.2, 0.25) is 0 Å². The lowest BCUT2D eigenvalue weighted by atomic mass is 10.0. The molecule has 1 atom stereocenters. The van der Waals surface area contributed by atoms with E-state index >= 15 is 0 Å². The van der Waals surface area contributed by atoms with E-state index in [0.29, 0.717) is 12.1 Å². The molecule has 6 nitrogen and oxygen atoms in total. The zero-order valence-electron chi connectivity index (χ0n) is 14.0. The summed E-state index contributed by atoms with van der Waals surface area (Å²) in [4.78, 5) is 17.2. The van der Waals surface area contributed by atoms with Crippen LogP contribution < -0.4 is 11.1 Å². The molecule has 120 valence electrons. The molecule has 2 aromatic heterocycles. The van der Waals surface area contributed by atoms with E-state index in [1.807, 2.05) is 25.5 Å². The molecule has 2 aromatic rings. The maximum absolute atomic E-state index is 12.6. The number of nitrogens with zero attached hydrogens (tertiary/aromatic N) is 3. The van der Waals surface area contributed by atoms with E-state index in [1.165, 1.54) is 0 Å². The number of pyridine rings is 1. The normalized spacial score (nSPS) is 13.4. The molecule has 0 fully saturated rings. The highest BCUT2D eigenvalue weighted by atomic mass is 16.1. The highest BCUT2D eigenvalue weighted by Gasteiger charge is 2.22. The monoisotopic (exact) mass is 303 g/mol. The van der Waals surface area contributed by atoms with Gasteiger partial charge < -0.3 is 11.1 Å². The van der Waals surface area contributed by atoms with Gasteiger partial charge >= 0.3 is 0 Å². The number of aromatic nitrogens is 3. The van der Waals surface area contributed by atoms with E-state index in [9.17, 15) is 4.79 Å². The summed E-state index contributed by atoms with van der Waals surface area (Å²) in [5.74, 6) is -0.144. The Morgan fingerprint density at radius 1 is 1.50 bits per heavy atom. The quantitative estimate of drug-likeness (QED) is 0.886. The molecule has 2 heterocycles. The van der Waals surface area contributed by atoms with Crippen LogP contribution in [0.2, 0.25) is 0 Å². The fourth-order valence-corrected chi connectivity index (χ4v) is 2.25. The molecule has 0 saturated carbocycles. The Balaban J connectivity index is 2.51. The fraction of sp³-hybridized carbons (Fsp3) is 0.562. The van der Waals surface area contributed by atoms with Crippen LogP contribution in [0.4, 0.5) is 0 Å². The van der Waals surface area contributed by atoms with E-state index in [1.54, 1.807) is 12.3 Å². The van der Waals surface area contributed by atoms with Crippen molar-refractivity contribution in [3.63, 3.8) is 0 Å². The van der Waals surface area contributed by atoms with Gasteiger partial charge in [-0.2, -0.15) is 5.10 Å². The minimum Gasteiger partial charge on any atom is -0.346 e. The van der Waals surface area contributed by atoms with Crippen LogP contribution in [0.3, 0.4) is 0 Å². The molecule has 0 aromatic carbocycles. The minimum absolute atomic E-state index is 0.144. The first kappa shape index (κ1) is 16.4. The molecular weight excluding hydrogens is 278 g/mol. The third-order valence-corrected chi connectivity index (χ3v) is 3.91. The predicted molar refractivity (Wildman–Crippen MR) is 87.9 cm³/mol. The van der Waals surface area contributed by atoms with Gasteiger partial charge in [-0.15, -0.1) is 0 Å². The highest BCUT2D eigenvalue weighted by molar-refractivity contribution is 6.05. The van der Waals surface area contributed by atoms with Crippen molar-refractivity contribution in [1.82, 2.24) is 20.1 Å². The summed E-state index contributed by atoms with van der Waals surface area (Å²) in [7, 11) is 0. The summed E-state index contributed by atoms with van der Waals surface area (Å²) in [6.07, 6.45) is 2.67. The van der Waals surface area contributed by atoms with Gasteiger partial charge in [-0.3, -0.25) is 4.79 Å². The second-order valence-corrected chi connectivity index (χ2v) is 6.44. The van der Waals surface area contributed by atoms with Crippen molar-refractivity contribution in [3.05, 3.63) is 23.5 Å². The molecule has 3 N–H and O–H groups in total. The molecule has 1 unspecified atom stereocenters. The molecule has 0 spiro atoms. The molecule has 0 saturated heterocycles. The van der Waals surface area contributed by atoms with Crippen molar-refractivity contribution in [1.29, 1.82) is 0 Å². The van der Waals surface area contributed by atoms with E-state index in [0.717, 1.165) is 23.1 Å². The Kier molecular flexibility index (Phi) is 4.51.